The maximum Gasteiger partial charge on any atom is 0.233 e. The number of halogens is 1. The average molecular weight is 486 g/mol. The number of hydrogen-bond donors (Lipinski definition) is 0. The van der Waals surface area contributed by atoms with Crippen molar-refractivity contribution in [1.82, 2.24) is 9.88 Å². The number of carbonyl (C=O) groups is 1. The van der Waals surface area contributed by atoms with Gasteiger partial charge in [0.15, 0.2) is 5.13 Å². The van der Waals surface area contributed by atoms with Crippen LogP contribution >= 0.6 is 22.9 Å². The monoisotopic (exact) mass is 485 g/mol. The minimum absolute atomic E-state index is 0.259. The molecule has 0 N–H and O–H groups in total. The molecule has 0 bridgehead atoms. The molecule has 174 valence electrons. The molecule has 2 aromatic carbocycles. The summed E-state index contributed by atoms with van der Waals surface area (Å²) < 4.78 is 12.0. The van der Waals surface area contributed by atoms with Gasteiger partial charge in [-0.05, 0) is 42.7 Å². The summed E-state index contributed by atoms with van der Waals surface area (Å²) in [7, 11) is 3.33. The number of rotatable bonds is 5. The van der Waals surface area contributed by atoms with E-state index in [9.17, 15) is 4.79 Å². The van der Waals surface area contributed by atoms with Crippen molar-refractivity contribution < 1.29 is 14.3 Å². The van der Waals surface area contributed by atoms with E-state index in [-0.39, 0.29) is 5.91 Å². The smallest absolute Gasteiger partial charge is 0.233 e. The third kappa shape index (κ3) is 3.91. The molecule has 1 aliphatic heterocycles. The summed E-state index contributed by atoms with van der Waals surface area (Å²) in [5.74, 6) is 1.80. The molecule has 5 rings (SSSR count). The van der Waals surface area contributed by atoms with Gasteiger partial charge in [-0.3, -0.25) is 4.79 Å². The number of methoxy groups -OCH3 is 2. The van der Waals surface area contributed by atoms with Crippen molar-refractivity contribution in [2.75, 3.05) is 45.3 Å². The fourth-order valence-corrected chi connectivity index (χ4v) is 6.44. The Morgan fingerprint density at radius 2 is 1.61 bits per heavy atom. The average Bonchev–Trinajstić information content (AvgIpc) is 3.52. The highest BCUT2D eigenvalue weighted by molar-refractivity contribution is 7.22. The van der Waals surface area contributed by atoms with Gasteiger partial charge in [0.1, 0.15) is 21.7 Å². The number of fused-ring (bicyclic) bond motifs is 1. The highest BCUT2D eigenvalue weighted by atomic mass is 35.5. The van der Waals surface area contributed by atoms with Crippen molar-refractivity contribution >= 4 is 44.2 Å². The van der Waals surface area contributed by atoms with E-state index in [0.29, 0.717) is 18.1 Å². The SMILES string of the molecule is COc1ccc(OC)c2sc(N3CCN(C(=O)C4(c5ccc(Cl)cc5)CCCC4)CC3)nc12. The first-order valence-corrected chi connectivity index (χ1v) is 12.6. The molecule has 1 aromatic heterocycles. The summed E-state index contributed by atoms with van der Waals surface area (Å²) in [5, 5.41) is 1.64. The van der Waals surface area contributed by atoms with Gasteiger partial charge in [-0.15, -0.1) is 0 Å². The predicted octanol–water partition coefficient (Wildman–Crippen LogP) is 5.13. The molecule has 2 fully saturated rings. The second-order valence-corrected chi connectivity index (χ2v) is 10.1. The Hall–Kier alpha value is -2.51. The molecule has 2 heterocycles. The van der Waals surface area contributed by atoms with Gasteiger partial charge >= 0.3 is 0 Å². The lowest BCUT2D eigenvalue weighted by Gasteiger charge is -2.40. The maximum atomic E-state index is 13.8. The number of anilines is 1. The molecule has 0 unspecified atom stereocenters. The van der Waals surface area contributed by atoms with Crippen molar-refractivity contribution in [3.63, 3.8) is 0 Å². The zero-order chi connectivity index (χ0) is 23.0. The summed E-state index contributed by atoms with van der Waals surface area (Å²) in [5.41, 5.74) is 1.51. The summed E-state index contributed by atoms with van der Waals surface area (Å²) in [4.78, 5) is 23.0. The molecule has 2 aliphatic rings. The molecule has 8 heteroatoms. The lowest BCUT2D eigenvalue weighted by Crippen LogP contribution is -2.54. The van der Waals surface area contributed by atoms with E-state index in [4.69, 9.17) is 26.1 Å². The minimum atomic E-state index is -0.413. The van der Waals surface area contributed by atoms with Crippen LogP contribution in [0.25, 0.3) is 10.2 Å². The summed E-state index contributed by atoms with van der Waals surface area (Å²) >= 11 is 7.72. The zero-order valence-electron chi connectivity index (χ0n) is 19.0. The van der Waals surface area contributed by atoms with Gasteiger partial charge in [0, 0.05) is 31.2 Å². The molecular formula is C25H28ClN3O3S. The van der Waals surface area contributed by atoms with Crippen molar-refractivity contribution in [1.29, 1.82) is 0 Å². The largest absolute Gasteiger partial charge is 0.495 e. The number of nitrogens with zero attached hydrogens (tertiary/aromatic N) is 3. The topological polar surface area (TPSA) is 54.9 Å². The Morgan fingerprint density at radius 1 is 0.970 bits per heavy atom. The zero-order valence-corrected chi connectivity index (χ0v) is 20.5. The van der Waals surface area contributed by atoms with Crippen LogP contribution < -0.4 is 14.4 Å². The van der Waals surface area contributed by atoms with Crippen LogP contribution in [0.5, 0.6) is 11.5 Å². The number of hydrogen-bond acceptors (Lipinski definition) is 6. The standard InChI is InChI=1S/C25H28ClN3O3S/c1-31-19-9-10-20(32-2)22-21(19)27-24(33-22)29-15-13-28(14-16-29)23(30)25(11-3-4-12-25)17-5-7-18(26)8-6-17/h5-10H,3-4,11-16H2,1-2H3. The van der Waals surface area contributed by atoms with E-state index in [1.165, 1.54) is 0 Å². The van der Waals surface area contributed by atoms with Crippen LogP contribution in [0.15, 0.2) is 36.4 Å². The normalized spacial score (nSPS) is 18.0. The Bertz CT molecular complexity index is 1110. The lowest BCUT2D eigenvalue weighted by molar-refractivity contribution is -0.137. The van der Waals surface area contributed by atoms with Crippen LogP contribution in [0.1, 0.15) is 31.2 Å². The number of benzene rings is 2. The van der Waals surface area contributed by atoms with Crippen LogP contribution in [-0.4, -0.2) is 56.2 Å². The Morgan fingerprint density at radius 3 is 2.24 bits per heavy atom. The highest BCUT2D eigenvalue weighted by Crippen LogP contribution is 2.44. The van der Waals surface area contributed by atoms with Crippen LogP contribution in [-0.2, 0) is 10.2 Å². The first-order chi connectivity index (χ1) is 16.1. The van der Waals surface area contributed by atoms with E-state index >= 15 is 0 Å². The fraction of sp³-hybridized carbons (Fsp3) is 0.440. The number of aromatic nitrogens is 1. The van der Waals surface area contributed by atoms with Gasteiger partial charge in [-0.2, -0.15) is 0 Å². The predicted molar refractivity (Wildman–Crippen MR) is 133 cm³/mol. The molecule has 1 saturated carbocycles. The van der Waals surface area contributed by atoms with Gasteiger partial charge in [-0.1, -0.05) is 47.9 Å². The Kier molecular flexibility index (Phi) is 6.10. The minimum Gasteiger partial charge on any atom is -0.495 e. The summed E-state index contributed by atoms with van der Waals surface area (Å²) in [6.45, 7) is 2.90. The fourth-order valence-electron chi connectivity index (χ4n) is 5.19. The first-order valence-electron chi connectivity index (χ1n) is 11.4. The van der Waals surface area contributed by atoms with Crippen molar-refractivity contribution in [2.45, 2.75) is 31.1 Å². The number of thiazole rings is 1. The van der Waals surface area contributed by atoms with Gasteiger partial charge < -0.3 is 19.3 Å². The van der Waals surface area contributed by atoms with E-state index in [1.54, 1.807) is 25.6 Å². The third-order valence-electron chi connectivity index (χ3n) is 7.00. The lowest BCUT2D eigenvalue weighted by atomic mass is 9.77. The molecule has 1 aliphatic carbocycles. The van der Waals surface area contributed by atoms with Crippen LogP contribution in [0.2, 0.25) is 5.02 Å². The molecule has 1 saturated heterocycles. The molecule has 0 radical (unpaired) electrons. The van der Waals surface area contributed by atoms with Crippen molar-refractivity contribution in [3.05, 3.63) is 47.0 Å². The Labute approximate surface area is 203 Å². The number of piperazine rings is 1. The van der Waals surface area contributed by atoms with E-state index in [2.05, 4.69) is 4.90 Å². The van der Waals surface area contributed by atoms with Gasteiger partial charge in [0.25, 0.3) is 0 Å². The summed E-state index contributed by atoms with van der Waals surface area (Å²) in [6.07, 6.45) is 3.99. The van der Waals surface area contributed by atoms with Crippen LogP contribution in [0.3, 0.4) is 0 Å². The van der Waals surface area contributed by atoms with Crippen LogP contribution in [0.4, 0.5) is 5.13 Å². The molecule has 33 heavy (non-hydrogen) atoms. The van der Waals surface area contributed by atoms with E-state index < -0.39 is 5.41 Å². The van der Waals surface area contributed by atoms with Crippen molar-refractivity contribution in [3.8, 4) is 11.5 Å². The second-order valence-electron chi connectivity index (χ2n) is 8.72. The number of carbonyl (C=O) groups excluding carboxylic acids is 1. The first kappa shape index (κ1) is 22.3. The van der Waals surface area contributed by atoms with Gasteiger partial charge in [0.2, 0.25) is 5.91 Å². The summed E-state index contributed by atoms with van der Waals surface area (Å²) in [6, 6.07) is 11.7. The third-order valence-corrected chi connectivity index (χ3v) is 8.38. The van der Waals surface area contributed by atoms with E-state index in [0.717, 1.165) is 71.2 Å². The second kappa shape index (κ2) is 9.03. The molecule has 0 spiro atoms. The van der Waals surface area contributed by atoms with Crippen LogP contribution in [0, 0.1) is 0 Å². The quantitative estimate of drug-likeness (QED) is 0.501. The number of ether oxygens (including phenoxy) is 2. The van der Waals surface area contributed by atoms with Gasteiger partial charge in [-0.25, -0.2) is 4.98 Å². The molecule has 6 nitrogen and oxygen atoms in total. The molecule has 1 amide bonds. The molecular weight excluding hydrogens is 458 g/mol. The van der Waals surface area contributed by atoms with E-state index in [1.807, 2.05) is 41.3 Å². The Balaban J connectivity index is 1.34. The molecule has 0 atom stereocenters. The highest BCUT2D eigenvalue weighted by Gasteiger charge is 2.45. The molecule has 3 aromatic rings. The number of amides is 1. The maximum absolute atomic E-state index is 13.8. The van der Waals surface area contributed by atoms with Crippen molar-refractivity contribution in [2.24, 2.45) is 0 Å². The van der Waals surface area contributed by atoms with Gasteiger partial charge in [0.05, 0.1) is 19.6 Å².